The Kier molecular flexibility index (Phi) is 9.62. The number of carbonyl (C=O) groups is 1. The summed E-state index contributed by atoms with van der Waals surface area (Å²) in [5.74, 6) is 1.99. The molecule has 0 spiro atoms. The minimum atomic E-state index is -0.610. The number of ether oxygens (including phenoxy) is 3. The van der Waals surface area contributed by atoms with E-state index in [1.807, 2.05) is 61.5 Å². The molecule has 1 aliphatic rings. The summed E-state index contributed by atoms with van der Waals surface area (Å²) >= 11 is 13.9. The Balaban J connectivity index is 1.47. The molecular weight excluding hydrogens is 595 g/mol. The van der Waals surface area contributed by atoms with Crippen LogP contribution in [0.15, 0.2) is 83.2 Å². The summed E-state index contributed by atoms with van der Waals surface area (Å²) < 4.78 is 19.3. The molecule has 8 nitrogen and oxygen atoms in total. The SMILES string of the molecule is CCCSc1nc2n(n1)C(c1ccc(OCc3ccc(Cl)cc3Cl)c(OC)c1)C(C(=O)OCc1ccccc1)=C(C)N2. The number of thioether (sulfide) groups is 1. The van der Waals surface area contributed by atoms with Crippen molar-refractivity contribution >= 4 is 46.9 Å². The Bertz CT molecular complexity index is 1610. The lowest BCUT2D eigenvalue weighted by atomic mass is 9.95. The minimum Gasteiger partial charge on any atom is -0.493 e. The number of halogens is 2. The van der Waals surface area contributed by atoms with Gasteiger partial charge in [-0.25, -0.2) is 9.48 Å². The largest absolute Gasteiger partial charge is 0.493 e. The maximum atomic E-state index is 13.6. The van der Waals surface area contributed by atoms with Crippen molar-refractivity contribution in [1.29, 1.82) is 0 Å². The molecule has 0 fully saturated rings. The summed E-state index contributed by atoms with van der Waals surface area (Å²) in [6.45, 7) is 4.32. The summed E-state index contributed by atoms with van der Waals surface area (Å²) in [5, 5.41) is 9.72. The van der Waals surface area contributed by atoms with E-state index in [0.717, 1.165) is 28.9 Å². The van der Waals surface area contributed by atoms with E-state index in [1.165, 1.54) is 0 Å². The summed E-state index contributed by atoms with van der Waals surface area (Å²) in [6.07, 6.45) is 0.986. The summed E-state index contributed by atoms with van der Waals surface area (Å²) in [6, 6.07) is 19.8. The van der Waals surface area contributed by atoms with Crippen molar-refractivity contribution in [1.82, 2.24) is 14.8 Å². The smallest absolute Gasteiger partial charge is 0.338 e. The Hall–Kier alpha value is -3.66. The predicted molar refractivity (Wildman–Crippen MR) is 166 cm³/mol. The van der Waals surface area contributed by atoms with Crippen LogP contribution < -0.4 is 14.8 Å². The molecule has 4 aromatic rings. The van der Waals surface area contributed by atoms with Gasteiger partial charge in [-0.1, -0.05) is 84.4 Å². The van der Waals surface area contributed by atoms with E-state index in [1.54, 1.807) is 35.7 Å². The van der Waals surface area contributed by atoms with Gasteiger partial charge < -0.3 is 19.5 Å². The first kappa shape index (κ1) is 29.8. The third kappa shape index (κ3) is 6.69. The Morgan fingerprint density at radius 2 is 1.86 bits per heavy atom. The van der Waals surface area contributed by atoms with Gasteiger partial charge in [0.15, 0.2) is 11.5 Å². The number of methoxy groups -OCH3 is 1. The molecule has 1 N–H and O–H groups in total. The van der Waals surface area contributed by atoms with Gasteiger partial charge in [0.1, 0.15) is 19.3 Å². The zero-order chi connectivity index (χ0) is 29.6. The second-order valence-electron chi connectivity index (χ2n) is 9.57. The van der Waals surface area contributed by atoms with Crippen LogP contribution >= 0.6 is 35.0 Å². The number of nitrogens with zero attached hydrogens (tertiary/aromatic N) is 3. The maximum absolute atomic E-state index is 13.6. The normalized spacial score (nSPS) is 14.3. The van der Waals surface area contributed by atoms with Crippen LogP contribution in [0.25, 0.3) is 0 Å². The average Bonchev–Trinajstić information content (AvgIpc) is 3.40. The van der Waals surface area contributed by atoms with Gasteiger partial charge in [-0.2, -0.15) is 4.98 Å². The van der Waals surface area contributed by atoms with Crippen LogP contribution in [0, 0.1) is 0 Å². The van der Waals surface area contributed by atoms with E-state index in [4.69, 9.17) is 42.5 Å². The second-order valence-corrected chi connectivity index (χ2v) is 11.5. The Morgan fingerprint density at radius 1 is 1.05 bits per heavy atom. The van der Waals surface area contributed by atoms with E-state index in [-0.39, 0.29) is 13.2 Å². The molecule has 11 heteroatoms. The number of allylic oxidation sites excluding steroid dienone is 1. The maximum Gasteiger partial charge on any atom is 0.338 e. The first-order valence-electron chi connectivity index (χ1n) is 13.4. The molecule has 0 saturated carbocycles. The number of fused-ring (bicyclic) bond motifs is 1. The summed E-state index contributed by atoms with van der Waals surface area (Å²) in [7, 11) is 1.57. The van der Waals surface area contributed by atoms with Crippen LogP contribution in [0.3, 0.4) is 0 Å². The number of benzene rings is 3. The monoisotopic (exact) mass is 624 g/mol. The molecular formula is C31H30Cl2N4O4S. The molecule has 3 aromatic carbocycles. The Labute approximate surface area is 259 Å². The lowest BCUT2D eigenvalue weighted by molar-refractivity contribution is -0.140. The fourth-order valence-electron chi connectivity index (χ4n) is 4.53. The van der Waals surface area contributed by atoms with Gasteiger partial charge >= 0.3 is 5.97 Å². The third-order valence-electron chi connectivity index (χ3n) is 6.60. The van der Waals surface area contributed by atoms with Crippen molar-refractivity contribution in [3.8, 4) is 11.5 Å². The molecule has 1 aliphatic heterocycles. The fourth-order valence-corrected chi connectivity index (χ4v) is 5.67. The van der Waals surface area contributed by atoms with Gasteiger partial charge in [0.05, 0.1) is 12.7 Å². The molecule has 1 atom stereocenters. The highest BCUT2D eigenvalue weighted by atomic mass is 35.5. The van der Waals surface area contributed by atoms with Crippen LogP contribution in [-0.4, -0.2) is 33.6 Å². The van der Waals surface area contributed by atoms with Crippen molar-refractivity contribution < 1.29 is 19.0 Å². The molecule has 5 rings (SSSR count). The zero-order valence-electron chi connectivity index (χ0n) is 23.4. The molecule has 0 amide bonds. The van der Waals surface area contributed by atoms with E-state index >= 15 is 0 Å². The van der Waals surface area contributed by atoms with Crippen molar-refractivity contribution in [3.63, 3.8) is 0 Å². The molecule has 2 heterocycles. The fraction of sp³-hybridized carbons (Fsp3) is 0.258. The third-order valence-corrected chi connectivity index (χ3v) is 8.23. The van der Waals surface area contributed by atoms with Crippen molar-refractivity contribution in [2.45, 2.75) is 44.7 Å². The van der Waals surface area contributed by atoms with Crippen LogP contribution in [0.5, 0.6) is 11.5 Å². The van der Waals surface area contributed by atoms with E-state index in [9.17, 15) is 4.79 Å². The van der Waals surface area contributed by atoms with Crippen LogP contribution in [0.1, 0.15) is 43.0 Å². The quantitative estimate of drug-likeness (QED) is 0.134. The standard InChI is InChI=1S/C31H30Cl2N4O4S/c1-4-14-42-31-35-30-34-19(2)27(29(38)41-17-20-8-6-5-7-9-20)28(37(30)36-31)21-11-13-25(26(15-21)39-3)40-18-22-10-12-23(32)16-24(22)33/h5-13,15-16,28H,4,14,17-18H2,1-3H3,(H,34,35,36). The second kappa shape index (κ2) is 13.5. The first-order valence-corrected chi connectivity index (χ1v) is 15.1. The van der Waals surface area contributed by atoms with Crippen LogP contribution in [0.2, 0.25) is 10.0 Å². The predicted octanol–water partition coefficient (Wildman–Crippen LogP) is 7.71. The molecule has 218 valence electrons. The van der Waals surface area contributed by atoms with E-state index < -0.39 is 12.0 Å². The van der Waals surface area contributed by atoms with Crippen molar-refractivity contribution in [2.24, 2.45) is 0 Å². The lowest BCUT2D eigenvalue weighted by Crippen LogP contribution is -2.29. The lowest BCUT2D eigenvalue weighted by Gasteiger charge is -2.28. The van der Waals surface area contributed by atoms with Gasteiger partial charge in [-0.15, -0.1) is 5.10 Å². The molecule has 1 unspecified atom stereocenters. The molecule has 0 bridgehead atoms. The van der Waals surface area contributed by atoms with Gasteiger partial charge in [-0.05, 0) is 48.7 Å². The van der Waals surface area contributed by atoms with Crippen molar-refractivity contribution in [2.75, 3.05) is 18.2 Å². The topological polar surface area (TPSA) is 87.5 Å². The highest BCUT2D eigenvalue weighted by molar-refractivity contribution is 7.99. The number of anilines is 1. The van der Waals surface area contributed by atoms with Gasteiger partial charge in [0.25, 0.3) is 0 Å². The highest BCUT2D eigenvalue weighted by Gasteiger charge is 2.36. The van der Waals surface area contributed by atoms with Crippen molar-refractivity contribution in [3.05, 3.63) is 105 Å². The Morgan fingerprint density at radius 3 is 2.60 bits per heavy atom. The summed E-state index contributed by atoms with van der Waals surface area (Å²) in [5.41, 5.74) is 3.51. The number of rotatable bonds is 11. The number of hydrogen-bond donors (Lipinski definition) is 1. The molecule has 1 aromatic heterocycles. The highest BCUT2D eigenvalue weighted by Crippen LogP contribution is 2.40. The molecule has 0 radical (unpaired) electrons. The van der Waals surface area contributed by atoms with Gasteiger partial charge in [-0.3, -0.25) is 0 Å². The van der Waals surface area contributed by atoms with Crippen LogP contribution in [-0.2, 0) is 22.7 Å². The summed E-state index contributed by atoms with van der Waals surface area (Å²) in [4.78, 5) is 18.3. The number of aromatic nitrogens is 3. The van der Waals surface area contributed by atoms with Gasteiger partial charge in [0, 0.05) is 27.1 Å². The average molecular weight is 626 g/mol. The molecule has 0 aliphatic carbocycles. The first-order chi connectivity index (χ1) is 20.4. The van der Waals surface area contributed by atoms with E-state index in [0.29, 0.717) is 43.9 Å². The number of nitrogens with one attached hydrogen (secondary N) is 1. The molecule has 42 heavy (non-hydrogen) atoms. The minimum absolute atomic E-state index is 0.147. The number of hydrogen-bond acceptors (Lipinski definition) is 8. The number of esters is 1. The zero-order valence-corrected chi connectivity index (χ0v) is 25.7. The van der Waals surface area contributed by atoms with E-state index in [2.05, 4.69) is 17.2 Å². The van der Waals surface area contributed by atoms with Crippen LogP contribution in [0.4, 0.5) is 5.95 Å². The van der Waals surface area contributed by atoms with Gasteiger partial charge in [0.2, 0.25) is 11.1 Å². The molecule has 0 saturated heterocycles. The number of carbonyl (C=O) groups excluding carboxylic acids is 1.